The first-order valence-corrected chi connectivity index (χ1v) is 8.49. The van der Waals surface area contributed by atoms with Crippen molar-refractivity contribution in [2.45, 2.75) is 64.3 Å². The summed E-state index contributed by atoms with van der Waals surface area (Å²) in [6.07, 6.45) is 7.52. The van der Waals surface area contributed by atoms with Crippen LogP contribution in [0.1, 0.15) is 67.8 Å². The normalized spacial score (nSPS) is 15.5. The molecule has 0 aliphatic heterocycles. The molecule has 0 radical (unpaired) electrons. The molecule has 3 heteroatoms. The molecule has 120 valence electrons. The molecule has 0 N–H and O–H groups in total. The van der Waals surface area contributed by atoms with Crippen LogP contribution in [0.15, 0.2) is 24.3 Å². The zero-order chi connectivity index (χ0) is 15.9. The quantitative estimate of drug-likeness (QED) is 0.745. The molecule has 1 aliphatic rings. The van der Waals surface area contributed by atoms with Crippen LogP contribution in [0, 0.1) is 0 Å². The summed E-state index contributed by atoms with van der Waals surface area (Å²) in [5, 5.41) is 0. The third kappa shape index (κ3) is 4.43. The van der Waals surface area contributed by atoms with E-state index in [0.29, 0.717) is 24.4 Å². The average molecular weight is 301 g/mol. The van der Waals surface area contributed by atoms with Gasteiger partial charge in [0.25, 0.3) is 0 Å². The van der Waals surface area contributed by atoms with Crippen molar-refractivity contribution in [3.63, 3.8) is 0 Å². The van der Waals surface area contributed by atoms with Crippen LogP contribution >= 0.6 is 0 Å². The van der Waals surface area contributed by atoms with E-state index in [1.165, 1.54) is 24.8 Å². The van der Waals surface area contributed by atoms with Crippen molar-refractivity contribution in [2.75, 3.05) is 7.05 Å². The van der Waals surface area contributed by atoms with E-state index in [2.05, 4.69) is 6.92 Å². The van der Waals surface area contributed by atoms with E-state index in [-0.39, 0.29) is 11.7 Å². The van der Waals surface area contributed by atoms with Gasteiger partial charge in [-0.3, -0.25) is 9.59 Å². The lowest BCUT2D eigenvalue weighted by Gasteiger charge is -2.31. The highest BCUT2D eigenvalue weighted by atomic mass is 16.2. The number of carbonyl (C=O) groups is 2. The maximum Gasteiger partial charge on any atom is 0.223 e. The SMILES string of the molecule is CCc1ccc(C(=O)CCC(=O)N(C)C2CCCCC2)cc1. The number of rotatable bonds is 6. The zero-order valence-corrected chi connectivity index (χ0v) is 13.8. The number of amides is 1. The molecule has 1 aliphatic carbocycles. The summed E-state index contributed by atoms with van der Waals surface area (Å²) in [7, 11) is 1.89. The van der Waals surface area contributed by atoms with Crippen molar-refractivity contribution in [3.8, 4) is 0 Å². The Bertz CT molecular complexity index is 501. The number of Topliss-reactive ketones (excluding diaryl/α,β-unsaturated/α-hetero) is 1. The molecule has 1 fully saturated rings. The smallest absolute Gasteiger partial charge is 0.223 e. The number of ketones is 1. The molecule has 1 saturated carbocycles. The van der Waals surface area contributed by atoms with Crippen LogP contribution in [-0.2, 0) is 11.2 Å². The van der Waals surface area contributed by atoms with Crippen molar-refractivity contribution < 1.29 is 9.59 Å². The standard InChI is InChI=1S/C19H27NO2/c1-3-15-9-11-16(12-10-15)18(21)13-14-19(22)20(2)17-7-5-4-6-8-17/h9-12,17H,3-8,13-14H2,1-2H3. The molecular formula is C19H27NO2. The lowest BCUT2D eigenvalue weighted by molar-refractivity contribution is -0.132. The molecule has 2 rings (SSSR count). The Labute approximate surface area is 133 Å². The lowest BCUT2D eigenvalue weighted by atomic mass is 9.94. The minimum Gasteiger partial charge on any atom is -0.343 e. The summed E-state index contributed by atoms with van der Waals surface area (Å²) in [6, 6.07) is 8.10. The maximum absolute atomic E-state index is 12.3. The van der Waals surface area contributed by atoms with Crippen LogP contribution in [0.25, 0.3) is 0 Å². The molecule has 0 aromatic heterocycles. The molecule has 0 spiro atoms. The van der Waals surface area contributed by atoms with E-state index in [1.807, 2.05) is 36.2 Å². The number of nitrogens with zero attached hydrogens (tertiary/aromatic N) is 1. The van der Waals surface area contributed by atoms with Crippen molar-refractivity contribution >= 4 is 11.7 Å². The summed E-state index contributed by atoms with van der Waals surface area (Å²) in [5.41, 5.74) is 1.94. The second-order valence-electron chi connectivity index (χ2n) is 6.27. The summed E-state index contributed by atoms with van der Waals surface area (Å²) in [5.74, 6) is 0.165. The van der Waals surface area contributed by atoms with Gasteiger partial charge in [-0.05, 0) is 24.8 Å². The highest BCUT2D eigenvalue weighted by Gasteiger charge is 2.22. The molecule has 0 bridgehead atoms. The molecule has 1 aromatic rings. The molecule has 3 nitrogen and oxygen atoms in total. The van der Waals surface area contributed by atoms with Gasteiger partial charge in [0.15, 0.2) is 5.78 Å². The van der Waals surface area contributed by atoms with Crippen molar-refractivity contribution in [1.29, 1.82) is 0 Å². The summed E-state index contributed by atoms with van der Waals surface area (Å²) >= 11 is 0. The summed E-state index contributed by atoms with van der Waals surface area (Å²) < 4.78 is 0. The molecule has 0 saturated heterocycles. The number of hydrogen-bond acceptors (Lipinski definition) is 2. The average Bonchev–Trinajstić information content (AvgIpc) is 2.59. The van der Waals surface area contributed by atoms with Crippen LogP contribution in [0.4, 0.5) is 0 Å². The third-order valence-corrected chi connectivity index (χ3v) is 4.77. The monoisotopic (exact) mass is 301 g/mol. The Morgan fingerprint density at radius 2 is 1.68 bits per heavy atom. The Balaban J connectivity index is 1.82. The lowest BCUT2D eigenvalue weighted by Crippen LogP contribution is -2.38. The minimum atomic E-state index is 0.0630. The van der Waals surface area contributed by atoms with Crippen LogP contribution in [0.5, 0.6) is 0 Å². The predicted octanol–water partition coefficient (Wildman–Crippen LogP) is 4.00. The number of hydrogen-bond donors (Lipinski definition) is 0. The first-order valence-electron chi connectivity index (χ1n) is 8.49. The number of benzene rings is 1. The van der Waals surface area contributed by atoms with E-state index < -0.39 is 0 Å². The molecule has 1 amide bonds. The fourth-order valence-corrected chi connectivity index (χ4v) is 3.14. The van der Waals surface area contributed by atoms with Crippen LogP contribution in [-0.4, -0.2) is 29.7 Å². The molecular weight excluding hydrogens is 274 g/mol. The molecule has 1 aromatic carbocycles. The molecule has 22 heavy (non-hydrogen) atoms. The van der Waals surface area contributed by atoms with E-state index in [4.69, 9.17) is 0 Å². The Morgan fingerprint density at radius 3 is 2.27 bits per heavy atom. The van der Waals surface area contributed by atoms with Gasteiger partial charge in [0.1, 0.15) is 0 Å². The van der Waals surface area contributed by atoms with Gasteiger partial charge in [0.05, 0.1) is 0 Å². The van der Waals surface area contributed by atoms with Gasteiger partial charge in [-0.15, -0.1) is 0 Å². The van der Waals surface area contributed by atoms with Gasteiger partial charge in [-0.1, -0.05) is 50.5 Å². The van der Waals surface area contributed by atoms with Gasteiger partial charge >= 0.3 is 0 Å². The van der Waals surface area contributed by atoms with Crippen LogP contribution < -0.4 is 0 Å². The van der Waals surface area contributed by atoms with E-state index in [1.54, 1.807) is 0 Å². The van der Waals surface area contributed by atoms with Gasteiger partial charge in [0.2, 0.25) is 5.91 Å². The largest absolute Gasteiger partial charge is 0.343 e. The fraction of sp³-hybridized carbons (Fsp3) is 0.579. The van der Waals surface area contributed by atoms with Crippen LogP contribution in [0.2, 0.25) is 0 Å². The van der Waals surface area contributed by atoms with Crippen LogP contribution in [0.3, 0.4) is 0 Å². The second-order valence-corrected chi connectivity index (χ2v) is 6.27. The van der Waals surface area contributed by atoms with Gasteiger partial charge < -0.3 is 4.90 Å². The highest BCUT2D eigenvalue weighted by molar-refractivity contribution is 5.97. The summed E-state index contributed by atoms with van der Waals surface area (Å²) in [6.45, 7) is 2.09. The molecule has 0 heterocycles. The van der Waals surface area contributed by atoms with Crippen molar-refractivity contribution in [1.82, 2.24) is 4.90 Å². The second kappa shape index (κ2) is 8.11. The molecule has 0 unspecified atom stereocenters. The number of carbonyl (C=O) groups excluding carboxylic acids is 2. The zero-order valence-electron chi connectivity index (χ0n) is 13.8. The predicted molar refractivity (Wildman–Crippen MR) is 89.0 cm³/mol. The third-order valence-electron chi connectivity index (χ3n) is 4.77. The first-order chi connectivity index (χ1) is 10.6. The van der Waals surface area contributed by atoms with Gasteiger partial charge in [-0.2, -0.15) is 0 Å². The first kappa shape index (κ1) is 16.7. The minimum absolute atomic E-state index is 0.0630. The Kier molecular flexibility index (Phi) is 6.17. The van der Waals surface area contributed by atoms with Gasteiger partial charge in [0, 0.05) is 31.5 Å². The van der Waals surface area contributed by atoms with E-state index in [9.17, 15) is 9.59 Å². The van der Waals surface area contributed by atoms with Gasteiger partial charge in [-0.25, -0.2) is 0 Å². The fourth-order valence-electron chi connectivity index (χ4n) is 3.14. The van der Waals surface area contributed by atoms with E-state index >= 15 is 0 Å². The highest BCUT2D eigenvalue weighted by Crippen LogP contribution is 2.22. The van der Waals surface area contributed by atoms with Crippen molar-refractivity contribution in [2.24, 2.45) is 0 Å². The Morgan fingerprint density at radius 1 is 1.05 bits per heavy atom. The van der Waals surface area contributed by atoms with Crippen molar-refractivity contribution in [3.05, 3.63) is 35.4 Å². The number of aryl methyl sites for hydroxylation is 1. The topological polar surface area (TPSA) is 37.4 Å². The molecule has 0 atom stereocenters. The summed E-state index contributed by atoms with van der Waals surface area (Å²) in [4.78, 5) is 26.3. The Hall–Kier alpha value is -1.64. The van der Waals surface area contributed by atoms with E-state index in [0.717, 1.165) is 19.3 Å². The maximum atomic E-state index is 12.3.